The topological polar surface area (TPSA) is 24.5 Å². The highest BCUT2D eigenvalue weighted by molar-refractivity contribution is 5.39. The summed E-state index contributed by atoms with van der Waals surface area (Å²) < 4.78 is 5.56. The van der Waals surface area contributed by atoms with E-state index in [2.05, 4.69) is 28.4 Å². The monoisotopic (exact) mass is 258 g/mol. The first-order valence-corrected chi connectivity index (χ1v) is 7.56. The SMILES string of the molecule is c1cc2c(cc1CCN1CC3CNCC3C1)CCO2. The van der Waals surface area contributed by atoms with Gasteiger partial charge in [0.1, 0.15) is 5.75 Å². The van der Waals surface area contributed by atoms with Gasteiger partial charge in [-0.25, -0.2) is 0 Å². The molecule has 0 bridgehead atoms. The van der Waals surface area contributed by atoms with E-state index in [4.69, 9.17) is 4.74 Å². The second-order valence-corrected chi connectivity index (χ2v) is 6.23. The molecule has 1 N–H and O–H groups in total. The Bertz CT molecular complexity index is 462. The van der Waals surface area contributed by atoms with E-state index >= 15 is 0 Å². The molecule has 0 aromatic heterocycles. The minimum Gasteiger partial charge on any atom is -0.493 e. The first-order chi connectivity index (χ1) is 9.38. The number of likely N-dealkylation sites (tertiary alicyclic amines) is 1. The van der Waals surface area contributed by atoms with Crippen LogP contribution in [0, 0.1) is 11.8 Å². The molecule has 0 spiro atoms. The van der Waals surface area contributed by atoms with Gasteiger partial charge in [0, 0.05) is 26.1 Å². The van der Waals surface area contributed by atoms with Crippen LogP contribution in [-0.2, 0) is 12.8 Å². The van der Waals surface area contributed by atoms with Crippen molar-refractivity contribution in [1.29, 1.82) is 0 Å². The second-order valence-electron chi connectivity index (χ2n) is 6.23. The third-order valence-corrected chi connectivity index (χ3v) is 4.94. The van der Waals surface area contributed by atoms with Gasteiger partial charge in [0.25, 0.3) is 0 Å². The van der Waals surface area contributed by atoms with Crippen LogP contribution in [0.15, 0.2) is 18.2 Å². The lowest BCUT2D eigenvalue weighted by molar-refractivity contribution is 0.317. The van der Waals surface area contributed by atoms with Gasteiger partial charge in [0.2, 0.25) is 0 Å². The quantitative estimate of drug-likeness (QED) is 0.885. The maximum absolute atomic E-state index is 5.56. The Morgan fingerprint density at radius 3 is 2.89 bits per heavy atom. The molecule has 3 nitrogen and oxygen atoms in total. The van der Waals surface area contributed by atoms with E-state index in [0.29, 0.717) is 0 Å². The van der Waals surface area contributed by atoms with Crippen molar-refractivity contribution in [2.75, 3.05) is 39.3 Å². The average molecular weight is 258 g/mol. The number of nitrogens with one attached hydrogen (secondary N) is 1. The predicted molar refractivity (Wildman–Crippen MR) is 75.6 cm³/mol. The van der Waals surface area contributed by atoms with Crippen molar-refractivity contribution in [2.45, 2.75) is 12.8 Å². The smallest absolute Gasteiger partial charge is 0.122 e. The Morgan fingerprint density at radius 2 is 2.05 bits per heavy atom. The van der Waals surface area contributed by atoms with Crippen LogP contribution in [0.3, 0.4) is 0 Å². The maximum atomic E-state index is 5.56. The van der Waals surface area contributed by atoms with Crippen molar-refractivity contribution in [3.8, 4) is 5.75 Å². The summed E-state index contributed by atoms with van der Waals surface area (Å²) in [5.41, 5.74) is 2.87. The fourth-order valence-electron chi connectivity index (χ4n) is 3.82. The maximum Gasteiger partial charge on any atom is 0.122 e. The summed E-state index contributed by atoms with van der Waals surface area (Å²) in [6.07, 6.45) is 2.27. The molecule has 19 heavy (non-hydrogen) atoms. The van der Waals surface area contributed by atoms with Crippen molar-refractivity contribution in [3.05, 3.63) is 29.3 Å². The Kier molecular flexibility index (Phi) is 2.97. The fourth-order valence-corrected chi connectivity index (χ4v) is 3.82. The summed E-state index contributed by atoms with van der Waals surface area (Å²) in [6, 6.07) is 6.74. The molecule has 2 atom stereocenters. The van der Waals surface area contributed by atoms with Gasteiger partial charge >= 0.3 is 0 Å². The Morgan fingerprint density at radius 1 is 1.21 bits per heavy atom. The van der Waals surface area contributed by atoms with Gasteiger partial charge in [0.05, 0.1) is 6.61 Å². The molecule has 2 unspecified atom stereocenters. The third-order valence-electron chi connectivity index (χ3n) is 4.94. The van der Waals surface area contributed by atoms with Crippen LogP contribution >= 0.6 is 0 Å². The van der Waals surface area contributed by atoms with Crippen LogP contribution in [0.1, 0.15) is 11.1 Å². The molecule has 3 aliphatic heterocycles. The molecule has 3 aliphatic rings. The Balaban J connectivity index is 1.35. The first kappa shape index (κ1) is 11.7. The molecule has 0 aliphatic carbocycles. The summed E-state index contributed by atoms with van der Waals surface area (Å²) >= 11 is 0. The molecular weight excluding hydrogens is 236 g/mol. The zero-order valence-corrected chi connectivity index (χ0v) is 11.4. The van der Waals surface area contributed by atoms with E-state index in [1.165, 1.54) is 50.3 Å². The highest BCUT2D eigenvalue weighted by Crippen LogP contribution is 2.28. The van der Waals surface area contributed by atoms with Gasteiger partial charge in [-0.3, -0.25) is 0 Å². The molecule has 0 saturated carbocycles. The highest BCUT2D eigenvalue weighted by atomic mass is 16.5. The number of hydrogen-bond acceptors (Lipinski definition) is 3. The van der Waals surface area contributed by atoms with Crippen LogP contribution in [0.5, 0.6) is 5.75 Å². The van der Waals surface area contributed by atoms with E-state index < -0.39 is 0 Å². The molecule has 0 radical (unpaired) electrons. The summed E-state index contributed by atoms with van der Waals surface area (Å²) in [5.74, 6) is 2.92. The summed E-state index contributed by atoms with van der Waals surface area (Å²) in [7, 11) is 0. The molecule has 2 saturated heterocycles. The molecule has 0 amide bonds. The Hall–Kier alpha value is -1.06. The van der Waals surface area contributed by atoms with E-state index in [9.17, 15) is 0 Å². The van der Waals surface area contributed by atoms with Gasteiger partial charge < -0.3 is 15.0 Å². The van der Waals surface area contributed by atoms with Gasteiger partial charge in [-0.05, 0) is 48.5 Å². The number of nitrogens with zero attached hydrogens (tertiary/aromatic N) is 1. The molecule has 102 valence electrons. The third kappa shape index (κ3) is 2.26. The molecule has 1 aromatic rings. The molecule has 2 fully saturated rings. The lowest BCUT2D eigenvalue weighted by Crippen LogP contribution is -2.27. The van der Waals surface area contributed by atoms with Crippen molar-refractivity contribution in [3.63, 3.8) is 0 Å². The number of fused-ring (bicyclic) bond motifs is 2. The lowest BCUT2D eigenvalue weighted by atomic mass is 10.0. The number of hydrogen-bond donors (Lipinski definition) is 1. The van der Waals surface area contributed by atoms with Crippen molar-refractivity contribution in [2.24, 2.45) is 11.8 Å². The number of rotatable bonds is 3. The van der Waals surface area contributed by atoms with Gasteiger partial charge in [-0.1, -0.05) is 12.1 Å². The van der Waals surface area contributed by atoms with Crippen molar-refractivity contribution >= 4 is 0 Å². The largest absolute Gasteiger partial charge is 0.493 e. The zero-order valence-electron chi connectivity index (χ0n) is 11.4. The first-order valence-electron chi connectivity index (χ1n) is 7.56. The van der Waals surface area contributed by atoms with Gasteiger partial charge in [-0.15, -0.1) is 0 Å². The van der Waals surface area contributed by atoms with Crippen molar-refractivity contribution in [1.82, 2.24) is 10.2 Å². The number of benzene rings is 1. The molecule has 4 rings (SSSR count). The van der Waals surface area contributed by atoms with E-state index in [1.807, 2.05) is 0 Å². The van der Waals surface area contributed by atoms with Crippen molar-refractivity contribution < 1.29 is 4.74 Å². The van der Waals surface area contributed by atoms with E-state index in [0.717, 1.165) is 30.6 Å². The minimum absolute atomic E-state index is 0.862. The number of ether oxygens (including phenoxy) is 1. The van der Waals surface area contributed by atoms with E-state index in [1.54, 1.807) is 0 Å². The second kappa shape index (κ2) is 4.80. The van der Waals surface area contributed by atoms with Crippen LogP contribution in [-0.4, -0.2) is 44.2 Å². The average Bonchev–Trinajstić information content (AvgIpc) is 3.10. The fraction of sp³-hybridized carbons (Fsp3) is 0.625. The van der Waals surface area contributed by atoms with Crippen LogP contribution in [0.2, 0.25) is 0 Å². The summed E-state index contributed by atoms with van der Waals surface area (Å²) in [6.45, 7) is 7.14. The summed E-state index contributed by atoms with van der Waals surface area (Å²) in [4.78, 5) is 2.65. The summed E-state index contributed by atoms with van der Waals surface area (Å²) in [5, 5.41) is 3.51. The molecule has 1 aromatic carbocycles. The van der Waals surface area contributed by atoms with Gasteiger partial charge in [0.15, 0.2) is 0 Å². The normalized spacial score (nSPS) is 29.3. The van der Waals surface area contributed by atoms with Crippen LogP contribution in [0.25, 0.3) is 0 Å². The minimum atomic E-state index is 0.862. The molecule has 3 heteroatoms. The lowest BCUT2D eigenvalue weighted by Gasteiger charge is -2.17. The predicted octanol–water partition coefficient (Wildman–Crippen LogP) is 1.32. The highest BCUT2D eigenvalue weighted by Gasteiger charge is 2.35. The standard InChI is InChI=1S/C16H22N2O/c1-2-16-13(4-6-19-16)7-12(1)3-5-18-10-14-8-17-9-15(14)11-18/h1-2,7,14-15,17H,3-6,8-11H2. The van der Waals surface area contributed by atoms with Gasteiger partial charge in [-0.2, -0.15) is 0 Å². The molecular formula is C16H22N2O. The zero-order chi connectivity index (χ0) is 12.7. The van der Waals surface area contributed by atoms with Crippen LogP contribution in [0.4, 0.5) is 0 Å². The molecule has 3 heterocycles. The van der Waals surface area contributed by atoms with Crippen LogP contribution < -0.4 is 10.1 Å². The van der Waals surface area contributed by atoms with E-state index in [-0.39, 0.29) is 0 Å². The Labute approximate surface area is 114 Å².